The topological polar surface area (TPSA) is 92.1 Å². The van der Waals surface area contributed by atoms with Crippen molar-refractivity contribution in [3.63, 3.8) is 0 Å². The fraction of sp³-hybridized carbons (Fsp3) is 0.125. The van der Waals surface area contributed by atoms with E-state index in [2.05, 4.69) is 10.2 Å². The molecule has 0 unspecified atom stereocenters. The van der Waals surface area contributed by atoms with Gasteiger partial charge in [-0.1, -0.05) is 18.2 Å². The first-order chi connectivity index (χ1) is 11.5. The van der Waals surface area contributed by atoms with Gasteiger partial charge in [0.25, 0.3) is 11.6 Å². The Morgan fingerprint density at radius 2 is 2.08 bits per heavy atom. The Morgan fingerprint density at radius 3 is 2.79 bits per heavy atom. The minimum absolute atomic E-state index is 0.0625. The Kier molecular flexibility index (Phi) is 3.95. The highest BCUT2D eigenvalue weighted by Gasteiger charge is 2.21. The summed E-state index contributed by atoms with van der Waals surface area (Å²) >= 11 is 0. The monoisotopic (exact) mass is 328 g/mol. The molecule has 0 bridgehead atoms. The van der Waals surface area contributed by atoms with Crippen molar-refractivity contribution in [3.8, 4) is 0 Å². The van der Waals surface area contributed by atoms with Crippen LogP contribution in [-0.4, -0.2) is 33.0 Å². The van der Waals surface area contributed by atoms with Gasteiger partial charge in [-0.25, -0.2) is 4.39 Å². The molecule has 0 saturated carbocycles. The highest BCUT2D eigenvalue weighted by molar-refractivity contribution is 6.05. The number of amides is 1. The van der Waals surface area contributed by atoms with Crippen LogP contribution in [0.3, 0.4) is 0 Å². The van der Waals surface area contributed by atoms with E-state index in [1.165, 1.54) is 36.2 Å². The summed E-state index contributed by atoms with van der Waals surface area (Å²) in [6.07, 6.45) is 0. The quantitative estimate of drug-likeness (QED) is 0.589. The fourth-order valence-corrected chi connectivity index (χ4v) is 2.41. The summed E-state index contributed by atoms with van der Waals surface area (Å²) in [5, 5.41) is 17.9. The third-order valence-electron chi connectivity index (χ3n) is 3.67. The van der Waals surface area contributed by atoms with Gasteiger partial charge in [-0.05, 0) is 12.1 Å². The van der Waals surface area contributed by atoms with Crippen molar-refractivity contribution >= 4 is 22.5 Å². The average Bonchev–Trinajstić information content (AvgIpc) is 2.99. The SMILES string of the molecule is CN(Cc1ccccc1F)C(=O)c1n[nH]c2ccc([N+](=O)[O-])cc12. The molecule has 3 aromatic rings. The minimum Gasteiger partial charge on any atom is -0.336 e. The van der Waals surface area contributed by atoms with E-state index in [0.717, 1.165) is 0 Å². The number of nitrogens with zero attached hydrogens (tertiary/aromatic N) is 3. The van der Waals surface area contributed by atoms with Crippen LogP contribution in [0.5, 0.6) is 0 Å². The molecule has 0 aliphatic carbocycles. The molecule has 0 saturated heterocycles. The summed E-state index contributed by atoms with van der Waals surface area (Å²) in [7, 11) is 1.52. The van der Waals surface area contributed by atoms with Crippen molar-refractivity contribution in [2.75, 3.05) is 7.05 Å². The summed E-state index contributed by atoms with van der Waals surface area (Å²) in [6, 6.07) is 10.3. The van der Waals surface area contributed by atoms with Crippen LogP contribution in [0.1, 0.15) is 16.1 Å². The number of nitro benzene ring substituents is 1. The average molecular weight is 328 g/mol. The van der Waals surface area contributed by atoms with Crippen molar-refractivity contribution in [3.05, 3.63) is 69.7 Å². The first-order valence-corrected chi connectivity index (χ1v) is 7.09. The van der Waals surface area contributed by atoms with Gasteiger partial charge in [-0.3, -0.25) is 20.0 Å². The maximum atomic E-state index is 13.7. The first kappa shape index (κ1) is 15.6. The Hall–Kier alpha value is -3.29. The smallest absolute Gasteiger partial charge is 0.275 e. The summed E-state index contributed by atoms with van der Waals surface area (Å²) in [4.78, 5) is 24.2. The summed E-state index contributed by atoms with van der Waals surface area (Å²) < 4.78 is 13.7. The van der Waals surface area contributed by atoms with Crippen LogP contribution in [0.25, 0.3) is 10.9 Å². The van der Waals surface area contributed by atoms with Crippen molar-refractivity contribution in [2.45, 2.75) is 6.54 Å². The zero-order valence-corrected chi connectivity index (χ0v) is 12.7. The van der Waals surface area contributed by atoms with Crippen LogP contribution in [0, 0.1) is 15.9 Å². The lowest BCUT2D eigenvalue weighted by Gasteiger charge is -2.16. The number of aromatic nitrogens is 2. The highest BCUT2D eigenvalue weighted by atomic mass is 19.1. The number of rotatable bonds is 4. The van der Waals surface area contributed by atoms with Gasteiger partial charge >= 0.3 is 0 Å². The second kappa shape index (κ2) is 6.07. The molecule has 0 aliphatic rings. The molecular formula is C16H13FN4O3. The van der Waals surface area contributed by atoms with Crippen molar-refractivity contribution < 1.29 is 14.1 Å². The molecular weight excluding hydrogens is 315 g/mol. The molecule has 7 nitrogen and oxygen atoms in total. The number of nitrogens with one attached hydrogen (secondary N) is 1. The third kappa shape index (κ3) is 2.81. The summed E-state index contributed by atoms with van der Waals surface area (Å²) in [5.41, 5.74) is 0.824. The molecule has 0 atom stereocenters. The van der Waals surface area contributed by atoms with E-state index >= 15 is 0 Å². The number of non-ortho nitro benzene ring substituents is 1. The lowest BCUT2D eigenvalue weighted by Crippen LogP contribution is -2.27. The Bertz CT molecular complexity index is 938. The number of benzene rings is 2. The van der Waals surface area contributed by atoms with E-state index in [1.807, 2.05) is 0 Å². The molecule has 2 aromatic carbocycles. The summed E-state index contributed by atoms with van der Waals surface area (Å²) in [6.45, 7) is 0.0643. The number of carbonyl (C=O) groups is 1. The van der Waals surface area contributed by atoms with E-state index < -0.39 is 16.6 Å². The molecule has 0 fully saturated rings. The van der Waals surface area contributed by atoms with Crippen molar-refractivity contribution in [2.24, 2.45) is 0 Å². The normalized spacial score (nSPS) is 10.8. The minimum atomic E-state index is -0.538. The highest BCUT2D eigenvalue weighted by Crippen LogP contribution is 2.23. The molecule has 122 valence electrons. The third-order valence-corrected chi connectivity index (χ3v) is 3.67. The number of nitro groups is 1. The van der Waals surface area contributed by atoms with E-state index in [-0.39, 0.29) is 17.9 Å². The Balaban J connectivity index is 1.92. The number of fused-ring (bicyclic) bond motifs is 1. The van der Waals surface area contributed by atoms with Gasteiger partial charge in [0.15, 0.2) is 5.69 Å². The van der Waals surface area contributed by atoms with Gasteiger partial charge < -0.3 is 4.90 Å². The van der Waals surface area contributed by atoms with Crippen LogP contribution in [0.4, 0.5) is 10.1 Å². The van der Waals surface area contributed by atoms with E-state index in [1.54, 1.807) is 18.2 Å². The molecule has 1 aromatic heterocycles. The number of carbonyl (C=O) groups excluding carboxylic acids is 1. The van der Waals surface area contributed by atoms with Crippen LogP contribution in [0.15, 0.2) is 42.5 Å². The molecule has 3 rings (SSSR count). The number of H-pyrrole nitrogens is 1. The molecule has 1 amide bonds. The van der Waals surface area contributed by atoms with E-state index in [9.17, 15) is 19.3 Å². The molecule has 0 aliphatic heterocycles. The van der Waals surface area contributed by atoms with Crippen molar-refractivity contribution in [1.82, 2.24) is 15.1 Å². The first-order valence-electron chi connectivity index (χ1n) is 7.09. The molecule has 1 N–H and O–H groups in total. The molecule has 0 spiro atoms. The molecule has 8 heteroatoms. The Morgan fingerprint density at radius 1 is 1.33 bits per heavy atom. The molecule has 1 heterocycles. The van der Waals surface area contributed by atoms with Crippen LogP contribution >= 0.6 is 0 Å². The lowest BCUT2D eigenvalue weighted by atomic mass is 10.1. The van der Waals surface area contributed by atoms with Crippen molar-refractivity contribution in [1.29, 1.82) is 0 Å². The van der Waals surface area contributed by atoms with Crippen LogP contribution < -0.4 is 0 Å². The number of halogens is 1. The Labute approximate surface area is 135 Å². The van der Waals surface area contributed by atoms with Gasteiger partial charge in [0.05, 0.1) is 10.4 Å². The largest absolute Gasteiger partial charge is 0.336 e. The van der Waals surface area contributed by atoms with E-state index in [0.29, 0.717) is 16.5 Å². The zero-order chi connectivity index (χ0) is 17.3. The fourth-order valence-electron chi connectivity index (χ4n) is 2.41. The van der Waals surface area contributed by atoms with Gasteiger partial charge in [0.2, 0.25) is 0 Å². The van der Waals surface area contributed by atoms with Gasteiger partial charge in [-0.2, -0.15) is 5.10 Å². The van der Waals surface area contributed by atoms with Gasteiger partial charge in [0, 0.05) is 36.7 Å². The second-order valence-electron chi connectivity index (χ2n) is 5.31. The van der Waals surface area contributed by atoms with Gasteiger partial charge in [0.1, 0.15) is 5.82 Å². The summed E-state index contributed by atoms with van der Waals surface area (Å²) in [5.74, 6) is -0.857. The van der Waals surface area contributed by atoms with Crippen LogP contribution in [0.2, 0.25) is 0 Å². The number of aromatic amines is 1. The second-order valence-corrected chi connectivity index (χ2v) is 5.31. The number of hydrogen-bond donors (Lipinski definition) is 1. The lowest BCUT2D eigenvalue weighted by molar-refractivity contribution is -0.384. The number of hydrogen-bond acceptors (Lipinski definition) is 4. The predicted molar refractivity (Wildman–Crippen MR) is 84.9 cm³/mol. The maximum Gasteiger partial charge on any atom is 0.275 e. The molecule has 24 heavy (non-hydrogen) atoms. The zero-order valence-electron chi connectivity index (χ0n) is 12.7. The van der Waals surface area contributed by atoms with E-state index in [4.69, 9.17) is 0 Å². The predicted octanol–water partition coefficient (Wildman–Crippen LogP) is 2.88. The maximum absolute atomic E-state index is 13.7. The van der Waals surface area contributed by atoms with Gasteiger partial charge in [-0.15, -0.1) is 0 Å². The molecule has 0 radical (unpaired) electrons. The standard InChI is InChI=1S/C16H13FN4O3/c1-20(9-10-4-2-3-5-13(10)17)16(22)15-12-8-11(21(23)24)6-7-14(12)18-19-15/h2-8H,9H2,1H3,(H,18,19). The van der Waals surface area contributed by atoms with Crippen LogP contribution in [-0.2, 0) is 6.54 Å².